The molecule has 0 heterocycles. The van der Waals surface area contributed by atoms with Crippen molar-refractivity contribution in [1.29, 1.82) is 0 Å². The summed E-state index contributed by atoms with van der Waals surface area (Å²) in [6, 6.07) is 2.14. The quantitative estimate of drug-likeness (QED) is 0.543. The zero-order valence-corrected chi connectivity index (χ0v) is 12.3. The van der Waals surface area contributed by atoms with Gasteiger partial charge in [-0.2, -0.15) is 8.78 Å². The van der Waals surface area contributed by atoms with Crippen LogP contribution in [0.2, 0.25) is 0 Å². The van der Waals surface area contributed by atoms with Crippen molar-refractivity contribution in [2.75, 3.05) is 37.2 Å². The largest absolute Gasteiger partial charge is 0.432 e. The second-order valence-corrected chi connectivity index (χ2v) is 4.56. The van der Waals surface area contributed by atoms with Crippen LogP contribution in [0.3, 0.4) is 0 Å². The number of nitrogens with two attached hydrogens (primary N) is 1. The lowest BCUT2D eigenvalue weighted by molar-refractivity contribution is -0.0521. The van der Waals surface area contributed by atoms with Gasteiger partial charge in [0.05, 0.1) is 11.4 Å². The highest BCUT2D eigenvalue weighted by molar-refractivity contribution is 5.68. The number of benzene rings is 1. The van der Waals surface area contributed by atoms with Crippen molar-refractivity contribution in [1.82, 2.24) is 4.90 Å². The topological polar surface area (TPSA) is 50.5 Å². The first-order chi connectivity index (χ1) is 9.97. The smallest absolute Gasteiger partial charge is 0.387 e. The van der Waals surface area contributed by atoms with E-state index in [0.29, 0.717) is 12.2 Å². The summed E-state index contributed by atoms with van der Waals surface area (Å²) < 4.78 is 41.8. The standard InChI is InChI=1S/C14H22F3N3O/c1-3-20(4-2)7-5-6-19-12-9-13(21-14(16)17)10(15)8-11(12)18/h8-9,14,19H,3-7,18H2,1-2H3. The fraction of sp³-hybridized carbons (Fsp3) is 0.571. The fourth-order valence-corrected chi connectivity index (χ4v) is 1.97. The van der Waals surface area contributed by atoms with E-state index in [1.165, 1.54) is 0 Å². The van der Waals surface area contributed by atoms with Gasteiger partial charge in [-0.1, -0.05) is 13.8 Å². The summed E-state index contributed by atoms with van der Waals surface area (Å²) in [7, 11) is 0. The molecule has 7 heteroatoms. The van der Waals surface area contributed by atoms with Crippen LogP contribution in [0.4, 0.5) is 24.5 Å². The lowest BCUT2D eigenvalue weighted by Gasteiger charge is -2.18. The van der Waals surface area contributed by atoms with E-state index in [-0.39, 0.29) is 5.69 Å². The maximum atomic E-state index is 13.4. The lowest BCUT2D eigenvalue weighted by Crippen LogP contribution is -2.25. The number of nitrogens with zero attached hydrogens (tertiary/aromatic N) is 1. The van der Waals surface area contributed by atoms with Gasteiger partial charge in [0.1, 0.15) is 0 Å². The monoisotopic (exact) mass is 305 g/mol. The van der Waals surface area contributed by atoms with E-state index < -0.39 is 18.2 Å². The Hall–Kier alpha value is -1.63. The summed E-state index contributed by atoms with van der Waals surface area (Å²) in [5.41, 5.74) is 6.22. The summed E-state index contributed by atoms with van der Waals surface area (Å²) in [5.74, 6) is -1.41. The SMILES string of the molecule is CCN(CC)CCCNc1cc(OC(F)F)c(F)cc1N. The van der Waals surface area contributed by atoms with Crippen molar-refractivity contribution >= 4 is 11.4 Å². The molecule has 0 fully saturated rings. The molecule has 0 spiro atoms. The van der Waals surface area contributed by atoms with Crippen LogP contribution in [0.25, 0.3) is 0 Å². The molecule has 1 rings (SSSR count). The predicted octanol–water partition coefficient (Wildman–Crippen LogP) is 3.15. The van der Waals surface area contributed by atoms with Crippen LogP contribution in [0.1, 0.15) is 20.3 Å². The minimum Gasteiger partial charge on any atom is -0.432 e. The van der Waals surface area contributed by atoms with Gasteiger partial charge in [0.2, 0.25) is 0 Å². The highest BCUT2D eigenvalue weighted by Crippen LogP contribution is 2.29. The minimum absolute atomic E-state index is 0.164. The molecule has 0 saturated carbocycles. The number of nitrogens with one attached hydrogen (secondary N) is 1. The lowest BCUT2D eigenvalue weighted by atomic mass is 10.2. The molecule has 120 valence electrons. The summed E-state index contributed by atoms with van der Waals surface area (Å²) >= 11 is 0. The highest BCUT2D eigenvalue weighted by atomic mass is 19.3. The van der Waals surface area contributed by atoms with Crippen LogP contribution in [-0.2, 0) is 0 Å². The van der Waals surface area contributed by atoms with E-state index >= 15 is 0 Å². The number of halogens is 3. The zero-order valence-electron chi connectivity index (χ0n) is 12.3. The van der Waals surface area contributed by atoms with Crippen molar-refractivity contribution in [3.63, 3.8) is 0 Å². The van der Waals surface area contributed by atoms with Crippen molar-refractivity contribution < 1.29 is 17.9 Å². The summed E-state index contributed by atoms with van der Waals surface area (Å²) in [4.78, 5) is 2.26. The Bertz CT molecular complexity index is 440. The van der Waals surface area contributed by atoms with Crippen molar-refractivity contribution in [2.24, 2.45) is 0 Å². The van der Waals surface area contributed by atoms with Gasteiger partial charge in [-0.25, -0.2) is 4.39 Å². The Kier molecular flexibility index (Phi) is 7.14. The first-order valence-electron chi connectivity index (χ1n) is 6.98. The molecule has 4 nitrogen and oxygen atoms in total. The van der Waals surface area contributed by atoms with Gasteiger partial charge in [0.25, 0.3) is 0 Å². The second kappa shape index (κ2) is 8.61. The Morgan fingerprint density at radius 1 is 1.29 bits per heavy atom. The van der Waals surface area contributed by atoms with Crippen LogP contribution in [-0.4, -0.2) is 37.7 Å². The Labute approximate surface area is 123 Å². The minimum atomic E-state index is -3.07. The third kappa shape index (κ3) is 5.71. The molecule has 0 bridgehead atoms. The Morgan fingerprint density at radius 2 is 1.95 bits per heavy atom. The van der Waals surface area contributed by atoms with Gasteiger partial charge < -0.3 is 20.7 Å². The third-order valence-electron chi connectivity index (χ3n) is 3.18. The summed E-state index contributed by atoms with van der Waals surface area (Å²) in [6.45, 7) is 4.58. The van der Waals surface area contributed by atoms with Crippen LogP contribution in [0.5, 0.6) is 5.75 Å². The van der Waals surface area contributed by atoms with Gasteiger partial charge in [-0.15, -0.1) is 0 Å². The van der Waals surface area contributed by atoms with Crippen LogP contribution in [0, 0.1) is 5.82 Å². The molecule has 0 aliphatic rings. The van der Waals surface area contributed by atoms with E-state index in [0.717, 1.165) is 38.2 Å². The molecule has 21 heavy (non-hydrogen) atoms. The molecule has 0 amide bonds. The number of nitrogen functional groups attached to an aromatic ring is 1. The Balaban J connectivity index is 2.58. The average Bonchev–Trinajstić information content (AvgIpc) is 2.43. The molecule has 1 aromatic carbocycles. The van der Waals surface area contributed by atoms with E-state index in [9.17, 15) is 13.2 Å². The first kappa shape index (κ1) is 17.4. The molecule has 0 aliphatic heterocycles. The molecular formula is C14H22F3N3O. The molecule has 1 aromatic rings. The predicted molar refractivity (Wildman–Crippen MR) is 78.3 cm³/mol. The van der Waals surface area contributed by atoms with E-state index in [2.05, 4.69) is 28.8 Å². The summed E-state index contributed by atoms with van der Waals surface area (Å²) in [5, 5.41) is 3.01. The maximum Gasteiger partial charge on any atom is 0.387 e. The van der Waals surface area contributed by atoms with Crippen molar-refractivity contribution in [3.05, 3.63) is 17.9 Å². The molecule has 0 aliphatic carbocycles. The van der Waals surface area contributed by atoms with Crippen LogP contribution >= 0.6 is 0 Å². The normalized spacial score (nSPS) is 11.2. The van der Waals surface area contributed by atoms with Crippen LogP contribution < -0.4 is 15.8 Å². The molecule has 0 radical (unpaired) electrons. The molecule has 0 saturated heterocycles. The number of hydrogen-bond acceptors (Lipinski definition) is 4. The first-order valence-corrected chi connectivity index (χ1v) is 6.98. The van der Waals surface area contributed by atoms with Gasteiger partial charge in [0.15, 0.2) is 11.6 Å². The maximum absolute atomic E-state index is 13.4. The molecule has 3 N–H and O–H groups in total. The molecule has 0 aromatic heterocycles. The van der Waals surface area contributed by atoms with Gasteiger partial charge >= 0.3 is 6.61 Å². The zero-order chi connectivity index (χ0) is 15.8. The molecule has 0 unspecified atom stereocenters. The van der Waals surface area contributed by atoms with Crippen molar-refractivity contribution in [2.45, 2.75) is 26.9 Å². The number of rotatable bonds is 9. The second-order valence-electron chi connectivity index (χ2n) is 4.56. The fourth-order valence-electron chi connectivity index (χ4n) is 1.97. The van der Waals surface area contributed by atoms with E-state index in [1.807, 2.05) is 0 Å². The van der Waals surface area contributed by atoms with E-state index in [4.69, 9.17) is 5.73 Å². The number of ether oxygens (including phenoxy) is 1. The number of anilines is 2. The Morgan fingerprint density at radius 3 is 2.52 bits per heavy atom. The number of hydrogen-bond donors (Lipinski definition) is 2. The van der Waals surface area contributed by atoms with Crippen LogP contribution in [0.15, 0.2) is 12.1 Å². The van der Waals surface area contributed by atoms with E-state index in [1.54, 1.807) is 0 Å². The van der Waals surface area contributed by atoms with Gasteiger partial charge in [-0.05, 0) is 26.1 Å². The third-order valence-corrected chi connectivity index (χ3v) is 3.18. The molecule has 0 atom stereocenters. The summed E-state index contributed by atoms with van der Waals surface area (Å²) in [6.07, 6.45) is 0.865. The van der Waals surface area contributed by atoms with Gasteiger partial charge in [-0.3, -0.25) is 0 Å². The average molecular weight is 305 g/mol. The molecular weight excluding hydrogens is 283 g/mol. The number of alkyl halides is 2. The van der Waals surface area contributed by atoms with Crippen molar-refractivity contribution in [3.8, 4) is 5.75 Å². The van der Waals surface area contributed by atoms with Gasteiger partial charge in [0, 0.05) is 18.7 Å². The highest BCUT2D eigenvalue weighted by Gasteiger charge is 2.13.